The zero-order valence-corrected chi connectivity index (χ0v) is 29.8. The zero-order valence-electron chi connectivity index (χ0n) is 28.2. The Balaban J connectivity index is 1.08. The molecule has 1 aliphatic heterocycles. The molecule has 256 valence electrons. The predicted molar refractivity (Wildman–Crippen MR) is 198 cm³/mol. The third kappa shape index (κ3) is 7.50. The Bertz CT molecular complexity index is 2170. The van der Waals surface area contributed by atoms with E-state index in [2.05, 4.69) is 64.7 Å². The zero-order chi connectivity index (χ0) is 34.8. The van der Waals surface area contributed by atoms with E-state index >= 15 is 0 Å². The summed E-state index contributed by atoms with van der Waals surface area (Å²) in [4.78, 5) is 17.8. The fourth-order valence-corrected chi connectivity index (χ4v) is 7.20. The van der Waals surface area contributed by atoms with Gasteiger partial charge in [-0.2, -0.15) is 5.10 Å². The van der Waals surface area contributed by atoms with Gasteiger partial charge < -0.3 is 10.4 Å². The van der Waals surface area contributed by atoms with Gasteiger partial charge in [0.05, 0.1) is 16.4 Å². The van der Waals surface area contributed by atoms with Gasteiger partial charge in [-0.3, -0.25) is 14.6 Å². The van der Waals surface area contributed by atoms with Crippen molar-refractivity contribution in [2.24, 2.45) is 0 Å². The molecule has 3 aromatic carbocycles. The number of phenols is 1. The summed E-state index contributed by atoms with van der Waals surface area (Å²) in [5, 5.41) is 30.2. The quantitative estimate of drug-likeness (QED) is 0.139. The molecule has 0 saturated carbocycles. The highest BCUT2D eigenvalue weighted by Gasteiger charge is 2.22. The summed E-state index contributed by atoms with van der Waals surface area (Å²) in [6.45, 7) is 9.83. The van der Waals surface area contributed by atoms with Crippen molar-refractivity contribution in [3.05, 3.63) is 113 Å². The SMILES string of the molecule is CC(C)(C)c1cc(NC(=O)NCc2ccccc2Sc2ccc3nnc(-c4cc(O)ccc4Cl)n3c2)n(-c2cccc(CN3CCCC3)c2)n1. The molecule has 50 heavy (non-hydrogen) atoms. The normalized spacial score (nSPS) is 13.6. The number of carbonyl (C=O) groups excluding carboxylic acids is 1. The van der Waals surface area contributed by atoms with Crippen molar-refractivity contribution >= 4 is 40.9 Å². The van der Waals surface area contributed by atoms with Gasteiger partial charge in [-0.05, 0) is 85.6 Å². The summed E-state index contributed by atoms with van der Waals surface area (Å²) in [5.74, 6) is 1.24. The number of hydrogen-bond acceptors (Lipinski definition) is 7. The maximum atomic E-state index is 13.4. The summed E-state index contributed by atoms with van der Waals surface area (Å²) >= 11 is 8.01. The third-order valence-electron chi connectivity index (χ3n) is 8.69. The van der Waals surface area contributed by atoms with Crippen molar-refractivity contribution in [1.29, 1.82) is 0 Å². The maximum absolute atomic E-state index is 13.4. The molecule has 7 rings (SSSR count). The van der Waals surface area contributed by atoms with Crippen LogP contribution in [-0.2, 0) is 18.5 Å². The van der Waals surface area contributed by atoms with E-state index in [0.29, 0.717) is 34.4 Å². The molecule has 10 nitrogen and oxygen atoms in total. The van der Waals surface area contributed by atoms with Crippen LogP contribution in [0.3, 0.4) is 0 Å². The van der Waals surface area contributed by atoms with Crippen molar-refractivity contribution in [1.82, 2.24) is 34.6 Å². The molecule has 0 spiro atoms. The molecular weight excluding hydrogens is 668 g/mol. The number of pyridine rings is 1. The van der Waals surface area contributed by atoms with Gasteiger partial charge in [-0.1, -0.05) is 74.5 Å². The molecule has 3 aromatic heterocycles. The number of aromatic hydroxyl groups is 1. The second-order valence-corrected chi connectivity index (χ2v) is 15.1. The Morgan fingerprint density at radius 3 is 2.60 bits per heavy atom. The van der Waals surface area contributed by atoms with Crippen LogP contribution in [0, 0.1) is 0 Å². The van der Waals surface area contributed by atoms with E-state index in [1.807, 2.05) is 63.8 Å². The van der Waals surface area contributed by atoms with E-state index in [0.717, 1.165) is 46.4 Å². The number of hydrogen-bond donors (Lipinski definition) is 3. The molecule has 0 unspecified atom stereocenters. The number of carbonyl (C=O) groups is 1. The smallest absolute Gasteiger partial charge is 0.320 e. The van der Waals surface area contributed by atoms with Crippen LogP contribution < -0.4 is 10.6 Å². The van der Waals surface area contributed by atoms with Crippen LogP contribution >= 0.6 is 23.4 Å². The van der Waals surface area contributed by atoms with Crippen LogP contribution in [0.2, 0.25) is 5.02 Å². The number of fused-ring (bicyclic) bond motifs is 1. The van der Waals surface area contributed by atoms with Gasteiger partial charge in [-0.25, -0.2) is 9.48 Å². The Morgan fingerprint density at radius 1 is 0.960 bits per heavy atom. The van der Waals surface area contributed by atoms with E-state index in [4.69, 9.17) is 16.7 Å². The van der Waals surface area contributed by atoms with Gasteiger partial charge in [0.1, 0.15) is 11.6 Å². The lowest BCUT2D eigenvalue weighted by Crippen LogP contribution is -2.29. The molecule has 1 aliphatic rings. The summed E-state index contributed by atoms with van der Waals surface area (Å²) < 4.78 is 3.69. The Labute approximate surface area is 300 Å². The van der Waals surface area contributed by atoms with Crippen molar-refractivity contribution in [2.75, 3.05) is 18.4 Å². The number of likely N-dealkylation sites (tertiary alicyclic amines) is 1. The van der Waals surface area contributed by atoms with Crippen molar-refractivity contribution < 1.29 is 9.90 Å². The molecular formula is C38H39ClN8O2S. The fourth-order valence-electron chi connectivity index (χ4n) is 6.03. The minimum atomic E-state index is -0.321. The first-order valence-corrected chi connectivity index (χ1v) is 17.9. The summed E-state index contributed by atoms with van der Waals surface area (Å²) in [5.41, 5.74) is 5.03. The predicted octanol–water partition coefficient (Wildman–Crippen LogP) is 8.31. The lowest BCUT2D eigenvalue weighted by Gasteiger charge is -2.16. The van der Waals surface area contributed by atoms with Crippen LogP contribution in [0.1, 0.15) is 50.4 Å². The van der Waals surface area contributed by atoms with Gasteiger partial charge in [0.15, 0.2) is 11.5 Å². The first-order valence-electron chi connectivity index (χ1n) is 16.7. The molecule has 6 aromatic rings. The van der Waals surface area contributed by atoms with Crippen LogP contribution in [0.25, 0.3) is 22.7 Å². The number of phenolic OH excluding ortho intramolecular Hbond substituents is 1. The Kier molecular flexibility index (Phi) is 9.54. The minimum Gasteiger partial charge on any atom is -0.508 e. The minimum absolute atomic E-state index is 0.0957. The lowest BCUT2D eigenvalue weighted by molar-refractivity contribution is 0.251. The molecule has 4 heterocycles. The molecule has 0 atom stereocenters. The molecule has 12 heteroatoms. The van der Waals surface area contributed by atoms with Gasteiger partial charge in [0.25, 0.3) is 0 Å². The first-order chi connectivity index (χ1) is 24.1. The van der Waals surface area contributed by atoms with Gasteiger partial charge in [-0.15, -0.1) is 10.2 Å². The number of halogens is 1. The van der Waals surface area contributed by atoms with Crippen molar-refractivity contribution in [3.63, 3.8) is 0 Å². The first kappa shape index (κ1) is 33.6. The molecule has 2 amide bonds. The van der Waals surface area contributed by atoms with Crippen LogP contribution in [0.5, 0.6) is 5.75 Å². The Hall–Kier alpha value is -4.84. The standard InChI is InChI=1S/C38H39ClN8O2S/c1-38(2,3)33-21-35(47(44-33)27-11-8-9-25(19-27)23-45-17-6-7-18-45)41-37(49)40-22-26-10-4-5-12-32(26)50-29-14-16-34-42-43-36(46(34)24-29)30-20-28(48)13-15-31(30)39/h4-5,8-16,19-21,24,48H,6-7,17-18,22-23H2,1-3H3,(H2,40,41,49). The van der Waals surface area contributed by atoms with Gasteiger partial charge >= 0.3 is 6.03 Å². The van der Waals surface area contributed by atoms with E-state index in [-0.39, 0.29) is 17.2 Å². The van der Waals surface area contributed by atoms with E-state index < -0.39 is 0 Å². The number of anilines is 1. The molecule has 3 N–H and O–H groups in total. The van der Waals surface area contributed by atoms with E-state index in [1.165, 1.54) is 24.5 Å². The van der Waals surface area contributed by atoms with Crippen molar-refractivity contribution in [3.8, 4) is 22.8 Å². The van der Waals surface area contributed by atoms with Gasteiger partial charge in [0, 0.05) is 46.1 Å². The summed E-state index contributed by atoms with van der Waals surface area (Å²) in [6.07, 6.45) is 4.44. The highest BCUT2D eigenvalue weighted by molar-refractivity contribution is 7.99. The average molecular weight is 707 g/mol. The topological polar surface area (TPSA) is 113 Å². The number of urea groups is 1. The molecule has 0 radical (unpaired) electrons. The van der Waals surface area contributed by atoms with Crippen LogP contribution in [0.4, 0.5) is 10.6 Å². The van der Waals surface area contributed by atoms with Crippen molar-refractivity contribution in [2.45, 2.75) is 61.9 Å². The number of benzene rings is 3. The summed E-state index contributed by atoms with van der Waals surface area (Å²) in [6, 6.07) is 26.6. The highest BCUT2D eigenvalue weighted by Crippen LogP contribution is 2.34. The number of aromatic nitrogens is 5. The van der Waals surface area contributed by atoms with Crippen LogP contribution in [-0.4, -0.2) is 53.5 Å². The second kappa shape index (κ2) is 14.2. The fraction of sp³-hybridized carbons (Fsp3) is 0.263. The molecule has 0 bridgehead atoms. The van der Waals surface area contributed by atoms with E-state index in [1.54, 1.807) is 23.9 Å². The monoisotopic (exact) mass is 706 g/mol. The second-order valence-electron chi connectivity index (χ2n) is 13.5. The molecule has 1 fully saturated rings. The third-order valence-corrected chi connectivity index (χ3v) is 10.1. The van der Waals surface area contributed by atoms with E-state index in [9.17, 15) is 9.90 Å². The lowest BCUT2D eigenvalue weighted by atomic mass is 9.92. The summed E-state index contributed by atoms with van der Waals surface area (Å²) in [7, 11) is 0. The number of amides is 2. The largest absolute Gasteiger partial charge is 0.508 e. The molecule has 0 aliphatic carbocycles. The van der Waals surface area contributed by atoms with Gasteiger partial charge in [0.2, 0.25) is 0 Å². The average Bonchev–Trinajstić information content (AvgIpc) is 3.86. The number of nitrogens with one attached hydrogen (secondary N) is 2. The molecule has 1 saturated heterocycles. The Morgan fingerprint density at radius 2 is 1.78 bits per heavy atom. The maximum Gasteiger partial charge on any atom is 0.320 e. The number of rotatable bonds is 9. The van der Waals surface area contributed by atoms with Crippen LogP contribution in [0.15, 0.2) is 101 Å². The number of nitrogens with zero attached hydrogens (tertiary/aromatic N) is 6. The highest BCUT2D eigenvalue weighted by atomic mass is 35.5.